The number of alkyl halides is 2. The van der Waals surface area contributed by atoms with E-state index in [9.17, 15) is 28.5 Å². The van der Waals surface area contributed by atoms with Gasteiger partial charge in [0.2, 0.25) is 0 Å². The fourth-order valence-electron chi connectivity index (χ4n) is 3.73. The molecule has 0 radical (unpaired) electrons. The maximum absolute atomic E-state index is 13.8. The van der Waals surface area contributed by atoms with Crippen molar-refractivity contribution in [2.75, 3.05) is 5.73 Å². The molecule has 0 unspecified atom stereocenters. The van der Waals surface area contributed by atoms with E-state index < -0.39 is 47.9 Å². The van der Waals surface area contributed by atoms with Gasteiger partial charge in [0.1, 0.15) is 47.5 Å². The lowest BCUT2D eigenvalue weighted by atomic mass is 9.88. The van der Waals surface area contributed by atoms with E-state index in [1.165, 1.54) is 24.0 Å². The first kappa shape index (κ1) is 20.5. The van der Waals surface area contributed by atoms with E-state index in [2.05, 4.69) is 9.97 Å². The van der Waals surface area contributed by atoms with E-state index >= 15 is 0 Å². The van der Waals surface area contributed by atoms with Gasteiger partial charge in [0.05, 0.1) is 5.39 Å². The summed E-state index contributed by atoms with van der Waals surface area (Å²) >= 11 is 0. The number of nitrogen functional groups attached to an aromatic ring is 1. The third kappa shape index (κ3) is 3.19. The lowest BCUT2D eigenvalue weighted by Gasteiger charge is -2.30. The average Bonchev–Trinajstić information content (AvgIpc) is 3.21. The van der Waals surface area contributed by atoms with Gasteiger partial charge in [-0.15, -0.1) is 0 Å². The lowest BCUT2D eigenvalue weighted by molar-refractivity contribution is -0.115. The monoisotopic (exact) mass is 424 g/mol. The molecule has 0 saturated carbocycles. The molecule has 0 spiro atoms. The maximum atomic E-state index is 13.8. The molecule has 1 fully saturated rings. The minimum atomic E-state index is -2.95. The molecule has 0 amide bonds. The number of benzene rings is 1. The second-order valence-corrected chi connectivity index (χ2v) is 7.40. The highest BCUT2D eigenvalue weighted by atomic mass is 19.3. The summed E-state index contributed by atoms with van der Waals surface area (Å²) in [5, 5.41) is 32.8. The molecule has 3 aromatic rings. The van der Waals surface area contributed by atoms with Crippen molar-refractivity contribution in [1.29, 1.82) is 0 Å². The summed E-state index contributed by atoms with van der Waals surface area (Å²) < 4.78 is 47.0. The molecule has 3 heterocycles. The van der Waals surface area contributed by atoms with Crippen LogP contribution in [0.3, 0.4) is 0 Å². The van der Waals surface area contributed by atoms with Gasteiger partial charge >= 0.3 is 0 Å². The number of nitrogens with zero attached hydrogens (tertiary/aromatic N) is 3. The fourth-order valence-corrected chi connectivity index (χ4v) is 3.73. The molecule has 0 aliphatic carbocycles. The summed E-state index contributed by atoms with van der Waals surface area (Å²) in [6, 6.07) is 4.05. The van der Waals surface area contributed by atoms with Crippen LogP contribution in [0.25, 0.3) is 11.0 Å². The number of hydrogen-bond acceptors (Lipinski definition) is 7. The van der Waals surface area contributed by atoms with Gasteiger partial charge in [0.15, 0.2) is 6.23 Å². The number of hydrogen-bond donors (Lipinski definition) is 4. The topological polar surface area (TPSA) is 127 Å². The van der Waals surface area contributed by atoms with Gasteiger partial charge in [0.25, 0.3) is 6.43 Å². The first-order valence-electron chi connectivity index (χ1n) is 9.00. The third-order valence-electron chi connectivity index (χ3n) is 5.37. The molecular weight excluding hydrogens is 405 g/mol. The van der Waals surface area contributed by atoms with E-state index in [0.29, 0.717) is 17.1 Å². The summed E-state index contributed by atoms with van der Waals surface area (Å²) in [6.07, 6.45) is -6.09. The number of aromatic nitrogens is 3. The van der Waals surface area contributed by atoms with Crippen molar-refractivity contribution >= 4 is 16.9 Å². The maximum Gasteiger partial charge on any atom is 0.263 e. The largest absolute Gasteiger partial charge is 0.386 e. The van der Waals surface area contributed by atoms with Crippen LogP contribution in [-0.4, -0.2) is 47.7 Å². The fraction of sp³-hybridized carbons (Fsp3) is 0.368. The Morgan fingerprint density at radius 2 is 1.93 bits per heavy atom. The number of anilines is 1. The quantitative estimate of drug-likeness (QED) is 0.503. The predicted molar refractivity (Wildman–Crippen MR) is 98.8 cm³/mol. The number of aliphatic hydroxyl groups is 3. The van der Waals surface area contributed by atoms with Crippen molar-refractivity contribution < 1.29 is 33.2 Å². The average molecular weight is 424 g/mol. The van der Waals surface area contributed by atoms with Gasteiger partial charge in [-0.25, -0.2) is 23.1 Å². The lowest BCUT2D eigenvalue weighted by Crippen LogP contribution is -2.47. The summed E-state index contributed by atoms with van der Waals surface area (Å²) in [5.41, 5.74) is 3.29. The Balaban J connectivity index is 1.71. The molecule has 30 heavy (non-hydrogen) atoms. The molecule has 1 saturated heterocycles. The summed E-state index contributed by atoms with van der Waals surface area (Å²) in [5.74, 6) is -0.769. The number of rotatable bonds is 4. The minimum Gasteiger partial charge on any atom is -0.386 e. The summed E-state index contributed by atoms with van der Waals surface area (Å²) in [7, 11) is 0. The standard InChI is InChI=1S/C19H19F3N4O4/c1-19(29)13(28)18(26-3-2-11-16(23)24-7-25-17(11)26)30-14(19)12(27)8-4-9(15(21)22)6-10(20)5-8/h2-7,12-15,18,27-29H,1H3,(H2,23,24,25)/t12-,13+,14-,18-,19-/m1/s1. The van der Waals surface area contributed by atoms with E-state index in [1.54, 1.807) is 6.07 Å². The van der Waals surface area contributed by atoms with Crippen LogP contribution < -0.4 is 5.73 Å². The van der Waals surface area contributed by atoms with Crippen LogP contribution in [0, 0.1) is 5.82 Å². The second-order valence-electron chi connectivity index (χ2n) is 7.40. The van der Waals surface area contributed by atoms with Gasteiger partial charge in [-0.2, -0.15) is 0 Å². The number of fused-ring (bicyclic) bond motifs is 1. The number of halogens is 3. The van der Waals surface area contributed by atoms with Crippen LogP contribution in [-0.2, 0) is 4.74 Å². The summed E-state index contributed by atoms with van der Waals surface area (Å²) in [6.45, 7) is 1.23. The molecule has 0 bridgehead atoms. The van der Waals surface area contributed by atoms with Crippen molar-refractivity contribution in [2.24, 2.45) is 0 Å². The molecule has 1 aromatic carbocycles. The van der Waals surface area contributed by atoms with Crippen molar-refractivity contribution in [2.45, 2.75) is 43.5 Å². The molecule has 4 rings (SSSR count). The zero-order chi connectivity index (χ0) is 21.8. The highest BCUT2D eigenvalue weighted by Crippen LogP contribution is 2.44. The van der Waals surface area contributed by atoms with E-state index in [4.69, 9.17) is 10.5 Å². The molecule has 1 aliphatic rings. The Kier molecular flexibility index (Phi) is 4.93. The first-order valence-corrected chi connectivity index (χ1v) is 9.00. The van der Waals surface area contributed by atoms with Crippen molar-refractivity contribution in [3.63, 3.8) is 0 Å². The van der Waals surface area contributed by atoms with Crippen LogP contribution in [0.4, 0.5) is 19.0 Å². The number of ether oxygens (including phenoxy) is 1. The molecule has 160 valence electrons. The van der Waals surface area contributed by atoms with Gasteiger partial charge < -0.3 is 30.4 Å². The van der Waals surface area contributed by atoms with Gasteiger partial charge in [-0.3, -0.25) is 0 Å². The Labute approximate surface area is 168 Å². The van der Waals surface area contributed by atoms with E-state index in [1.807, 2.05) is 0 Å². The van der Waals surface area contributed by atoms with Crippen LogP contribution in [0.2, 0.25) is 0 Å². The Morgan fingerprint density at radius 3 is 2.63 bits per heavy atom. The van der Waals surface area contributed by atoms with Crippen LogP contribution in [0.1, 0.15) is 36.8 Å². The minimum absolute atomic E-state index is 0.203. The van der Waals surface area contributed by atoms with E-state index in [0.717, 1.165) is 12.1 Å². The van der Waals surface area contributed by atoms with Gasteiger partial charge in [-0.1, -0.05) is 0 Å². The zero-order valence-electron chi connectivity index (χ0n) is 15.7. The molecule has 8 nitrogen and oxygen atoms in total. The van der Waals surface area contributed by atoms with Crippen LogP contribution >= 0.6 is 0 Å². The number of aliphatic hydroxyl groups excluding tert-OH is 2. The molecule has 5 N–H and O–H groups in total. The first-order chi connectivity index (χ1) is 14.1. The van der Waals surface area contributed by atoms with Gasteiger partial charge in [-0.05, 0) is 36.8 Å². The highest BCUT2D eigenvalue weighted by Gasteiger charge is 2.56. The number of nitrogens with two attached hydrogens (primary N) is 1. The van der Waals surface area contributed by atoms with Crippen LogP contribution in [0.15, 0.2) is 36.8 Å². The Morgan fingerprint density at radius 1 is 1.23 bits per heavy atom. The third-order valence-corrected chi connectivity index (χ3v) is 5.37. The van der Waals surface area contributed by atoms with Crippen molar-refractivity contribution in [1.82, 2.24) is 14.5 Å². The molecular formula is C19H19F3N4O4. The normalized spacial score (nSPS) is 27.8. The summed E-state index contributed by atoms with van der Waals surface area (Å²) in [4.78, 5) is 7.98. The van der Waals surface area contributed by atoms with Crippen LogP contribution in [0.5, 0.6) is 0 Å². The molecule has 5 atom stereocenters. The highest BCUT2D eigenvalue weighted by molar-refractivity contribution is 5.86. The van der Waals surface area contributed by atoms with Crippen molar-refractivity contribution in [3.05, 3.63) is 53.7 Å². The van der Waals surface area contributed by atoms with Crippen molar-refractivity contribution in [3.8, 4) is 0 Å². The predicted octanol–water partition coefficient (Wildman–Crippen LogP) is 1.83. The Bertz CT molecular complexity index is 1090. The SMILES string of the molecule is C[C@]1(O)[C@@H]([C@H](O)c2cc(F)cc(C(F)F)c2)O[C@@H](n2ccc3c(N)ncnc32)[C@@H]1O. The Hall–Kier alpha value is -2.73. The molecule has 2 aromatic heterocycles. The molecule has 11 heteroatoms. The smallest absolute Gasteiger partial charge is 0.263 e. The zero-order valence-corrected chi connectivity index (χ0v) is 15.7. The second kappa shape index (κ2) is 7.20. The molecule has 1 aliphatic heterocycles. The van der Waals surface area contributed by atoms with Gasteiger partial charge in [0, 0.05) is 11.8 Å². The van der Waals surface area contributed by atoms with E-state index in [-0.39, 0.29) is 11.4 Å².